The topological polar surface area (TPSA) is 47.6 Å². The summed E-state index contributed by atoms with van der Waals surface area (Å²) in [6, 6.07) is 5.29. The van der Waals surface area contributed by atoms with Crippen molar-refractivity contribution in [2.45, 2.75) is 13.0 Å². The molecule has 0 aliphatic carbocycles. The van der Waals surface area contributed by atoms with E-state index >= 15 is 0 Å². The van der Waals surface area contributed by atoms with E-state index in [1.807, 2.05) is 6.07 Å². The minimum Gasteiger partial charge on any atom is -0.381 e. The van der Waals surface area contributed by atoms with Crippen LogP contribution in [0.4, 0.5) is 0 Å². The van der Waals surface area contributed by atoms with Crippen LogP contribution in [0.15, 0.2) is 18.2 Å². The Bertz CT molecular complexity index is 462. The van der Waals surface area contributed by atoms with Crippen molar-refractivity contribution in [3.63, 3.8) is 0 Å². The fourth-order valence-electron chi connectivity index (χ4n) is 1.95. The van der Waals surface area contributed by atoms with Gasteiger partial charge in [0.15, 0.2) is 0 Å². The van der Waals surface area contributed by atoms with E-state index in [1.165, 1.54) is 0 Å². The van der Waals surface area contributed by atoms with Gasteiger partial charge in [-0.05, 0) is 24.1 Å². The maximum absolute atomic E-state index is 11.7. The monoisotopic (exact) mass is 317 g/mol. The summed E-state index contributed by atoms with van der Waals surface area (Å²) in [6.45, 7) is 2.52. The lowest BCUT2D eigenvalue weighted by Crippen LogP contribution is -2.33. The zero-order valence-corrected chi connectivity index (χ0v) is 12.5. The molecule has 0 saturated carbocycles. The van der Waals surface area contributed by atoms with E-state index in [0.29, 0.717) is 43.0 Å². The predicted octanol–water partition coefficient (Wildman–Crippen LogP) is 2.66. The van der Waals surface area contributed by atoms with Crippen LogP contribution in [0, 0.1) is 5.92 Å². The van der Waals surface area contributed by atoms with Crippen LogP contribution in [-0.4, -0.2) is 32.3 Å². The van der Waals surface area contributed by atoms with Crippen molar-refractivity contribution in [2.75, 3.05) is 26.4 Å². The molecular formula is C14H17Cl2NO3. The molecule has 0 aromatic heterocycles. The first-order valence-electron chi connectivity index (χ1n) is 6.54. The first-order valence-corrected chi connectivity index (χ1v) is 7.29. The Morgan fingerprint density at radius 1 is 1.45 bits per heavy atom. The fraction of sp³-hybridized carbons (Fsp3) is 0.500. The highest BCUT2D eigenvalue weighted by Crippen LogP contribution is 2.21. The lowest BCUT2D eigenvalue weighted by atomic mass is 10.1. The Hall–Kier alpha value is -0.810. The molecule has 1 atom stereocenters. The van der Waals surface area contributed by atoms with Gasteiger partial charge in [0.1, 0.15) is 0 Å². The molecule has 0 bridgehead atoms. The molecule has 1 aromatic carbocycles. The Kier molecular flexibility index (Phi) is 6.10. The second-order valence-corrected chi connectivity index (χ2v) is 5.48. The lowest BCUT2D eigenvalue weighted by molar-refractivity contribution is -0.125. The average Bonchev–Trinajstić information content (AvgIpc) is 2.94. The molecular weight excluding hydrogens is 301 g/mol. The molecule has 1 aliphatic heterocycles. The number of ether oxygens (including phenoxy) is 2. The standard InChI is InChI=1S/C14H17Cl2NO3/c15-12-2-1-10(13(16)7-12)8-20-6-4-17-14(18)11-3-5-19-9-11/h1-2,7,11H,3-6,8-9H2,(H,17,18)/t11-/m1/s1. The van der Waals surface area contributed by atoms with Crippen LogP contribution in [0.25, 0.3) is 0 Å². The van der Waals surface area contributed by atoms with Gasteiger partial charge in [0.2, 0.25) is 5.91 Å². The smallest absolute Gasteiger partial charge is 0.225 e. The zero-order valence-electron chi connectivity index (χ0n) is 11.0. The van der Waals surface area contributed by atoms with E-state index in [1.54, 1.807) is 12.1 Å². The molecule has 1 heterocycles. The minimum absolute atomic E-state index is 0.0132. The number of carbonyl (C=O) groups excluding carboxylic acids is 1. The molecule has 0 spiro atoms. The van der Waals surface area contributed by atoms with Crippen molar-refractivity contribution in [3.8, 4) is 0 Å². The van der Waals surface area contributed by atoms with Gasteiger partial charge in [0, 0.05) is 23.2 Å². The van der Waals surface area contributed by atoms with Crippen LogP contribution < -0.4 is 5.32 Å². The van der Waals surface area contributed by atoms with Gasteiger partial charge in [-0.15, -0.1) is 0 Å². The van der Waals surface area contributed by atoms with Crippen molar-refractivity contribution in [2.24, 2.45) is 5.92 Å². The van der Waals surface area contributed by atoms with Crippen LogP contribution in [0.5, 0.6) is 0 Å². The SMILES string of the molecule is O=C(NCCOCc1ccc(Cl)cc1Cl)[C@@H]1CCOC1. The summed E-state index contributed by atoms with van der Waals surface area (Å²) in [5, 5.41) is 4.03. The summed E-state index contributed by atoms with van der Waals surface area (Å²) in [7, 11) is 0. The van der Waals surface area contributed by atoms with Crippen molar-refractivity contribution in [1.29, 1.82) is 0 Å². The second kappa shape index (κ2) is 7.84. The van der Waals surface area contributed by atoms with Gasteiger partial charge in [-0.2, -0.15) is 0 Å². The Morgan fingerprint density at radius 2 is 2.30 bits per heavy atom. The van der Waals surface area contributed by atoms with Gasteiger partial charge in [-0.25, -0.2) is 0 Å². The third-order valence-corrected chi connectivity index (χ3v) is 3.71. The Balaban J connectivity index is 1.62. The summed E-state index contributed by atoms with van der Waals surface area (Å²) in [5.74, 6) is 0.0244. The number of halogens is 2. The summed E-state index contributed by atoms with van der Waals surface area (Å²) in [4.78, 5) is 11.7. The molecule has 1 amide bonds. The number of hydrogen-bond acceptors (Lipinski definition) is 3. The lowest BCUT2D eigenvalue weighted by Gasteiger charge is -2.10. The van der Waals surface area contributed by atoms with Crippen LogP contribution >= 0.6 is 23.2 Å². The maximum atomic E-state index is 11.7. The third-order valence-electron chi connectivity index (χ3n) is 3.12. The van der Waals surface area contributed by atoms with Crippen LogP contribution in [0.3, 0.4) is 0 Å². The molecule has 1 fully saturated rings. The van der Waals surface area contributed by atoms with E-state index in [4.69, 9.17) is 32.7 Å². The van der Waals surface area contributed by atoms with E-state index in [-0.39, 0.29) is 11.8 Å². The van der Waals surface area contributed by atoms with Crippen LogP contribution in [0.1, 0.15) is 12.0 Å². The molecule has 110 valence electrons. The zero-order chi connectivity index (χ0) is 14.4. The van der Waals surface area contributed by atoms with Crippen molar-refractivity contribution in [3.05, 3.63) is 33.8 Å². The quantitative estimate of drug-likeness (QED) is 0.820. The van der Waals surface area contributed by atoms with E-state index < -0.39 is 0 Å². The fourth-order valence-corrected chi connectivity index (χ4v) is 2.42. The van der Waals surface area contributed by atoms with Crippen molar-refractivity contribution < 1.29 is 14.3 Å². The molecule has 2 rings (SSSR count). The van der Waals surface area contributed by atoms with Crippen molar-refractivity contribution >= 4 is 29.1 Å². The highest BCUT2D eigenvalue weighted by atomic mass is 35.5. The molecule has 1 N–H and O–H groups in total. The average molecular weight is 318 g/mol. The third kappa shape index (κ3) is 4.63. The van der Waals surface area contributed by atoms with Crippen LogP contribution in [0.2, 0.25) is 10.0 Å². The van der Waals surface area contributed by atoms with E-state index in [0.717, 1.165) is 12.0 Å². The summed E-state index contributed by atoms with van der Waals surface area (Å²) >= 11 is 11.8. The van der Waals surface area contributed by atoms with Gasteiger partial charge < -0.3 is 14.8 Å². The minimum atomic E-state index is -0.0132. The molecule has 6 heteroatoms. The summed E-state index contributed by atoms with van der Waals surface area (Å²) in [6.07, 6.45) is 0.799. The number of carbonyl (C=O) groups is 1. The highest BCUT2D eigenvalue weighted by Gasteiger charge is 2.22. The first-order chi connectivity index (χ1) is 9.66. The van der Waals surface area contributed by atoms with Gasteiger partial charge >= 0.3 is 0 Å². The first kappa shape index (κ1) is 15.6. The van der Waals surface area contributed by atoms with Crippen LogP contribution in [-0.2, 0) is 20.9 Å². The number of hydrogen-bond donors (Lipinski definition) is 1. The van der Waals surface area contributed by atoms with E-state index in [2.05, 4.69) is 5.32 Å². The van der Waals surface area contributed by atoms with Gasteiger partial charge in [0.25, 0.3) is 0 Å². The molecule has 0 radical (unpaired) electrons. The van der Waals surface area contributed by atoms with Gasteiger partial charge in [0.05, 0.1) is 25.7 Å². The highest BCUT2D eigenvalue weighted by molar-refractivity contribution is 6.35. The normalized spacial score (nSPS) is 18.2. The largest absolute Gasteiger partial charge is 0.381 e. The second-order valence-electron chi connectivity index (χ2n) is 4.64. The predicted molar refractivity (Wildman–Crippen MR) is 78.1 cm³/mol. The molecule has 1 aromatic rings. The van der Waals surface area contributed by atoms with E-state index in [9.17, 15) is 4.79 Å². The summed E-state index contributed by atoms with van der Waals surface area (Å²) in [5.41, 5.74) is 0.881. The molecule has 1 aliphatic rings. The molecule has 0 unspecified atom stereocenters. The number of nitrogens with one attached hydrogen (secondary N) is 1. The number of rotatable bonds is 6. The Morgan fingerprint density at radius 3 is 3.00 bits per heavy atom. The molecule has 1 saturated heterocycles. The number of benzene rings is 1. The number of amides is 1. The summed E-state index contributed by atoms with van der Waals surface area (Å²) < 4.78 is 10.6. The van der Waals surface area contributed by atoms with Gasteiger partial charge in [-0.3, -0.25) is 4.79 Å². The Labute approximate surface area is 128 Å². The molecule has 20 heavy (non-hydrogen) atoms. The van der Waals surface area contributed by atoms with Crippen molar-refractivity contribution in [1.82, 2.24) is 5.32 Å². The maximum Gasteiger partial charge on any atom is 0.225 e. The molecule has 4 nitrogen and oxygen atoms in total. The van der Waals surface area contributed by atoms with Gasteiger partial charge in [-0.1, -0.05) is 29.3 Å².